The van der Waals surface area contributed by atoms with Crippen LogP contribution in [0, 0.1) is 10.1 Å². The first-order valence-electron chi connectivity index (χ1n) is 7.06. The van der Waals surface area contributed by atoms with Crippen LogP contribution in [0.1, 0.15) is 11.1 Å². The maximum atomic E-state index is 11.5. The molecule has 7 nitrogen and oxygen atoms in total. The van der Waals surface area contributed by atoms with Crippen LogP contribution in [0.2, 0.25) is 0 Å². The molecule has 0 amide bonds. The maximum Gasteiger partial charge on any atom is 0.279 e. The van der Waals surface area contributed by atoms with Crippen LogP contribution in [-0.2, 0) is 13.1 Å². The average Bonchev–Trinajstić information content (AvgIpc) is 3.07. The summed E-state index contributed by atoms with van der Waals surface area (Å²) in [5.74, 6) is 0. The van der Waals surface area contributed by atoms with Gasteiger partial charge in [-0.05, 0) is 23.3 Å². The number of aromatic nitrogens is 3. The van der Waals surface area contributed by atoms with Crippen LogP contribution in [0.15, 0.2) is 55.2 Å². The van der Waals surface area contributed by atoms with E-state index in [4.69, 9.17) is 5.73 Å². The highest BCUT2D eigenvalue weighted by molar-refractivity contribution is 5.73. The largest absolute Gasteiger partial charge is 0.333 e. The lowest BCUT2D eigenvalue weighted by Gasteiger charge is -2.09. The number of nitro benzene ring substituents is 1. The Morgan fingerprint density at radius 2 is 2.13 bits per heavy atom. The van der Waals surface area contributed by atoms with Crippen molar-refractivity contribution in [1.82, 2.24) is 14.5 Å². The first-order valence-corrected chi connectivity index (χ1v) is 7.06. The fraction of sp³-hybridized carbons (Fsp3) is 0.125. The molecule has 0 saturated carbocycles. The summed E-state index contributed by atoms with van der Waals surface area (Å²) in [5, 5.41) is 11.5. The van der Waals surface area contributed by atoms with Gasteiger partial charge in [0, 0.05) is 37.7 Å². The number of hydrogen-bond donors (Lipinski definition) is 1. The van der Waals surface area contributed by atoms with Crippen LogP contribution in [0.3, 0.4) is 0 Å². The van der Waals surface area contributed by atoms with Crippen LogP contribution >= 0.6 is 0 Å². The third-order valence-corrected chi connectivity index (χ3v) is 3.55. The fourth-order valence-corrected chi connectivity index (χ4v) is 2.46. The zero-order valence-corrected chi connectivity index (χ0v) is 12.3. The van der Waals surface area contributed by atoms with Gasteiger partial charge in [-0.3, -0.25) is 15.1 Å². The van der Waals surface area contributed by atoms with Gasteiger partial charge in [0.2, 0.25) is 0 Å². The summed E-state index contributed by atoms with van der Waals surface area (Å²) in [6.45, 7) is 0.796. The van der Waals surface area contributed by atoms with Crippen LogP contribution in [-0.4, -0.2) is 19.5 Å². The fourth-order valence-electron chi connectivity index (χ4n) is 2.46. The SMILES string of the molecule is NCc1cccnc1-c1ccc(Cn2ccnc2)cc1[N+](=O)[O-]. The van der Waals surface area contributed by atoms with E-state index < -0.39 is 0 Å². The number of hydrogen-bond acceptors (Lipinski definition) is 5. The zero-order chi connectivity index (χ0) is 16.2. The third kappa shape index (κ3) is 3.09. The molecule has 3 aromatic rings. The Morgan fingerprint density at radius 1 is 1.26 bits per heavy atom. The highest BCUT2D eigenvalue weighted by Crippen LogP contribution is 2.31. The lowest BCUT2D eigenvalue weighted by molar-refractivity contribution is -0.384. The van der Waals surface area contributed by atoms with Crippen LogP contribution in [0.4, 0.5) is 5.69 Å². The van der Waals surface area contributed by atoms with Gasteiger partial charge in [0.25, 0.3) is 5.69 Å². The maximum absolute atomic E-state index is 11.5. The molecule has 0 radical (unpaired) electrons. The van der Waals surface area contributed by atoms with Gasteiger partial charge in [-0.1, -0.05) is 12.1 Å². The van der Waals surface area contributed by atoms with Gasteiger partial charge in [-0.15, -0.1) is 0 Å². The number of nitro groups is 1. The molecular formula is C16H15N5O2. The van der Waals surface area contributed by atoms with E-state index >= 15 is 0 Å². The molecular weight excluding hydrogens is 294 g/mol. The standard InChI is InChI=1S/C16H15N5O2/c17-9-13-2-1-5-19-16(13)14-4-3-12(8-15(14)21(22)23)10-20-7-6-18-11-20/h1-8,11H,9-10,17H2. The Labute approximate surface area is 132 Å². The average molecular weight is 309 g/mol. The second-order valence-electron chi connectivity index (χ2n) is 5.06. The van der Waals surface area contributed by atoms with Gasteiger partial charge in [-0.25, -0.2) is 4.98 Å². The Morgan fingerprint density at radius 3 is 2.83 bits per heavy atom. The van der Waals surface area contributed by atoms with Crippen molar-refractivity contribution >= 4 is 5.69 Å². The predicted molar refractivity (Wildman–Crippen MR) is 85.5 cm³/mol. The van der Waals surface area contributed by atoms with Gasteiger partial charge in [0.1, 0.15) is 0 Å². The number of imidazole rings is 1. The summed E-state index contributed by atoms with van der Waals surface area (Å²) in [6, 6.07) is 8.75. The van der Waals surface area contributed by atoms with Gasteiger partial charge >= 0.3 is 0 Å². The van der Waals surface area contributed by atoms with Gasteiger partial charge < -0.3 is 10.3 Å². The first-order chi connectivity index (χ1) is 11.2. The molecule has 116 valence electrons. The van der Waals surface area contributed by atoms with Crippen molar-refractivity contribution in [1.29, 1.82) is 0 Å². The summed E-state index contributed by atoms with van der Waals surface area (Å²) < 4.78 is 1.85. The molecule has 0 bridgehead atoms. The molecule has 2 heterocycles. The molecule has 3 rings (SSSR count). The van der Waals surface area contributed by atoms with Crippen molar-refractivity contribution in [3.05, 3.63) is 76.5 Å². The number of rotatable bonds is 5. The van der Waals surface area contributed by atoms with Crippen LogP contribution in [0.25, 0.3) is 11.3 Å². The quantitative estimate of drug-likeness (QED) is 0.576. The highest BCUT2D eigenvalue weighted by atomic mass is 16.6. The van der Waals surface area contributed by atoms with Crippen molar-refractivity contribution in [2.75, 3.05) is 0 Å². The topological polar surface area (TPSA) is 99.9 Å². The molecule has 0 spiro atoms. The molecule has 0 fully saturated rings. The second-order valence-corrected chi connectivity index (χ2v) is 5.06. The number of benzene rings is 1. The summed E-state index contributed by atoms with van der Waals surface area (Å²) >= 11 is 0. The molecule has 0 aliphatic rings. The van der Waals surface area contributed by atoms with Crippen LogP contribution in [0.5, 0.6) is 0 Å². The van der Waals surface area contributed by atoms with Gasteiger partial charge in [0.15, 0.2) is 0 Å². The second kappa shape index (κ2) is 6.37. The molecule has 0 aliphatic heterocycles. The monoisotopic (exact) mass is 309 g/mol. The molecule has 1 aromatic carbocycles. The number of nitrogens with zero attached hydrogens (tertiary/aromatic N) is 4. The number of pyridine rings is 1. The molecule has 7 heteroatoms. The number of nitrogens with two attached hydrogens (primary N) is 1. The van der Waals surface area contributed by atoms with Crippen LogP contribution < -0.4 is 5.73 Å². The van der Waals surface area contributed by atoms with Gasteiger partial charge in [0.05, 0.1) is 22.5 Å². The Kier molecular flexibility index (Phi) is 4.11. The molecule has 0 unspecified atom stereocenters. The Hall–Kier alpha value is -3.06. The van der Waals surface area contributed by atoms with E-state index in [0.29, 0.717) is 17.8 Å². The lowest BCUT2D eigenvalue weighted by Crippen LogP contribution is -2.03. The predicted octanol–water partition coefficient (Wildman–Crippen LogP) is 2.36. The van der Waals surface area contributed by atoms with E-state index in [1.165, 1.54) is 0 Å². The summed E-state index contributed by atoms with van der Waals surface area (Å²) in [7, 11) is 0. The zero-order valence-electron chi connectivity index (χ0n) is 12.3. The van der Waals surface area contributed by atoms with Gasteiger partial charge in [-0.2, -0.15) is 0 Å². The highest BCUT2D eigenvalue weighted by Gasteiger charge is 2.19. The summed E-state index contributed by atoms with van der Waals surface area (Å²) in [6.07, 6.45) is 6.76. The first kappa shape index (κ1) is 14.9. The van der Waals surface area contributed by atoms with E-state index in [0.717, 1.165) is 11.1 Å². The summed E-state index contributed by atoms with van der Waals surface area (Å²) in [4.78, 5) is 19.3. The van der Waals surface area contributed by atoms with E-state index in [1.54, 1.807) is 36.9 Å². The van der Waals surface area contributed by atoms with Crippen molar-refractivity contribution in [3.63, 3.8) is 0 Å². The molecule has 23 heavy (non-hydrogen) atoms. The van der Waals surface area contributed by atoms with E-state index in [2.05, 4.69) is 9.97 Å². The molecule has 2 aromatic heterocycles. The smallest absolute Gasteiger partial charge is 0.279 e. The van der Waals surface area contributed by atoms with E-state index in [1.807, 2.05) is 22.9 Å². The molecule has 2 N–H and O–H groups in total. The van der Waals surface area contributed by atoms with Crippen molar-refractivity contribution < 1.29 is 4.92 Å². The van der Waals surface area contributed by atoms with E-state index in [-0.39, 0.29) is 17.2 Å². The lowest BCUT2D eigenvalue weighted by atomic mass is 10.0. The molecule has 0 saturated heterocycles. The molecule has 0 atom stereocenters. The van der Waals surface area contributed by atoms with Crippen molar-refractivity contribution in [2.24, 2.45) is 5.73 Å². The third-order valence-electron chi connectivity index (χ3n) is 3.55. The van der Waals surface area contributed by atoms with E-state index in [9.17, 15) is 10.1 Å². The van der Waals surface area contributed by atoms with Crippen molar-refractivity contribution in [2.45, 2.75) is 13.1 Å². The van der Waals surface area contributed by atoms with Crippen molar-refractivity contribution in [3.8, 4) is 11.3 Å². The summed E-state index contributed by atoms with van der Waals surface area (Å²) in [5.41, 5.74) is 8.37. The minimum atomic E-state index is -0.387. The molecule has 0 aliphatic carbocycles. The Balaban J connectivity index is 2.05. The Bertz CT molecular complexity index is 830. The normalized spacial score (nSPS) is 10.7. The minimum absolute atomic E-state index is 0.0241. The minimum Gasteiger partial charge on any atom is -0.333 e.